The van der Waals surface area contributed by atoms with Crippen LogP contribution in [0.5, 0.6) is 0 Å². The second-order valence-electron chi connectivity index (χ2n) is 4.61. The van der Waals surface area contributed by atoms with E-state index in [9.17, 15) is 4.79 Å². The van der Waals surface area contributed by atoms with Crippen LogP contribution in [0.4, 0.5) is 5.82 Å². The fraction of sp³-hybridized carbons (Fsp3) is 0.583. The molecule has 0 aliphatic heterocycles. The Morgan fingerprint density at radius 3 is 2.78 bits per heavy atom. The van der Waals surface area contributed by atoms with E-state index >= 15 is 0 Å². The molecule has 1 heterocycles. The zero-order valence-corrected chi connectivity index (χ0v) is 11.5. The summed E-state index contributed by atoms with van der Waals surface area (Å²) >= 11 is 5.67. The van der Waals surface area contributed by atoms with E-state index < -0.39 is 5.91 Å². The first-order valence-corrected chi connectivity index (χ1v) is 6.45. The summed E-state index contributed by atoms with van der Waals surface area (Å²) in [5.74, 6) is 0.550. The van der Waals surface area contributed by atoms with Gasteiger partial charge in [0.15, 0.2) is 11.0 Å². The zero-order valence-electron chi connectivity index (χ0n) is 10.7. The maximum atomic E-state index is 11.2. The SMILES string of the molecule is CC(C)CCCCNc1nnc(Cl)cc1C(N)=O. The molecular formula is C12H19ClN4O. The summed E-state index contributed by atoms with van der Waals surface area (Å²) in [6.07, 6.45) is 3.34. The van der Waals surface area contributed by atoms with Gasteiger partial charge in [-0.25, -0.2) is 0 Å². The van der Waals surface area contributed by atoms with E-state index in [-0.39, 0.29) is 10.7 Å². The van der Waals surface area contributed by atoms with Crippen molar-refractivity contribution in [3.63, 3.8) is 0 Å². The average molecular weight is 271 g/mol. The highest BCUT2D eigenvalue weighted by Crippen LogP contribution is 2.15. The Bertz CT molecular complexity index is 409. The zero-order chi connectivity index (χ0) is 13.5. The topological polar surface area (TPSA) is 80.9 Å². The van der Waals surface area contributed by atoms with E-state index in [4.69, 9.17) is 17.3 Å². The lowest BCUT2D eigenvalue weighted by Gasteiger charge is -2.09. The smallest absolute Gasteiger partial charge is 0.252 e. The highest BCUT2D eigenvalue weighted by molar-refractivity contribution is 6.29. The third-order valence-electron chi connectivity index (χ3n) is 2.53. The van der Waals surface area contributed by atoms with Crippen molar-refractivity contribution in [2.45, 2.75) is 33.1 Å². The maximum Gasteiger partial charge on any atom is 0.252 e. The molecule has 5 nitrogen and oxygen atoms in total. The molecule has 0 radical (unpaired) electrons. The van der Waals surface area contributed by atoms with Crippen molar-refractivity contribution in [3.05, 3.63) is 16.8 Å². The van der Waals surface area contributed by atoms with Gasteiger partial charge in [0.2, 0.25) is 0 Å². The van der Waals surface area contributed by atoms with Crippen LogP contribution in [-0.2, 0) is 0 Å². The predicted molar refractivity (Wildman–Crippen MR) is 72.7 cm³/mol. The molecule has 1 rings (SSSR count). The molecule has 1 aromatic rings. The van der Waals surface area contributed by atoms with Crippen LogP contribution in [-0.4, -0.2) is 22.6 Å². The molecule has 18 heavy (non-hydrogen) atoms. The molecule has 6 heteroatoms. The Hall–Kier alpha value is -1.36. The highest BCUT2D eigenvalue weighted by atomic mass is 35.5. The molecule has 0 saturated heterocycles. The van der Waals surface area contributed by atoms with E-state index in [1.807, 2.05) is 0 Å². The standard InChI is InChI=1S/C12H19ClN4O/c1-8(2)5-3-4-6-15-12-9(11(14)18)7-10(13)16-17-12/h7-8H,3-6H2,1-2H3,(H2,14,18)(H,15,17). The molecule has 100 valence electrons. The number of carbonyl (C=O) groups excluding carboxylic acids is 1. The number of halogens is 1. The fourth-order valence-corrected chi connectivity index (χ4v) is 1.72. The van der Waals surface area contributed by atoms with Crippen LogP contribution in [0.3, 0.4) is 0 Å². The number of amides is 1. The lowest BCUT2D eigenvalue weighted by atomic mass is 10.1. The quantitative estimate of drug-likeness (QED) is 0.746. The second-order valence-corrected chi connectivity index (χ2v) is 5.00. The average Bonchev–Trinajstić information content (AvgIpc) is 2.29. The maximum absolute atomic E-state index is 11.2. The molecule has 1 aromatic heterocycles. The van der Waals surface area contributed by atoms with Crippen LogP contribution >= 0.6 is 11.6 Å². The van der Waals surface area contributed by atoms with Crippen LogP contribution in [0, 0.1) is 5.92 Å². The molecule has 0 aliphatic rings. The Morgan fingerprint density at radius 1 is 1.44 bits per heavy atom. The van der Waals surface area contributed by atoms with E-state index in [0.29, 0.717) is 11.7 Å². The van der Waals surface area contributed by atoms with Crippen molar-refractivity contribution < 1.29 is 4.79 Å². The molecule has 0 aromatic carbocycles. The first-order valence-electron chi connectivity index (χ1n) is 6.07. The highest BCUT2D eigenvalue weighted by Gasteiger charge is 2.11. The van der Waals surface area contributed by atoms with Gasteiger partial charge in [-0.15, -0.1) is 10.2 Å². The molecule has 0 fully saturated rings. The number of primary amides is 1. The van der Waals surface area contributed by atoms with E-state index in [2.05, 4.69) is 29.4 Å². The van der Waals surface area contributed by atoms with Crippen LogP contribution in [0.1, 0.15) is 43.5 Å². The largest absolute Gasteiger partial charge is 0.368 e. The number of rotatable bonds is 7. The summed E-state index contributed by atoms with van der Waals surface area (Å²) in [7, 11) is 0. The van der Waals surface area contributed by atoms with Gasteiger partial charge in [0.05, 0.1) is 5.56 Å². The Balaban J connectivity index is 2.49. The third-order valence-corrected chi connectivity index (χ3v) is 2.71. The number of unbranched alkanes of at least 4 members (excludes halogenated alkanes) is 1. The van der Waals surface area contributed by atoms with Crippen LogP contribution in [0.2, 0.25) is 5.15 Å². The first-order chi connectivity index (χ1) is 8.50. The first kappa shape index (κ1) is 14.7. The van der Waals surface area contributed by atoms with E-state index in [1.54, 1.807) is 0 Å². The molecule has 0 atom stereocenters. The van der Waals surface area contributed by atoms with Gasteiger partial charge in [0, 0.05) is 6.54 Å². The van der Waals surface area contributed by atoms with Crippen molar-refractivity contribution in [3.8, 4) is 0 Å². The molecule has 3 N–H and O–H groups in total. The molecule has 0 aliphatic carbocycles. The normalized spacial score (nSPS) is 10.7. The molecule has 1 amide bonds. The van der Waals surface area contributed by atoms with E-state index in [0.717, 1.165) is 19.4 Å². The number of aromatic nitrogens is 2. The van der Waals surface area contributed by atoms with Gasteiger partial charge < -0.3 is 11.1 Å². The molecular weight excluding hydrogens is 252 g/mol. The van der Waals surface area contributed by atoms with Crippen LogP contribution in [0.15, 0.2) is 6.07 Å². The van der Waals surface area contributed by atoms with Gasteiger partial charge in [-0.05, 0) is 18.4 Å². The summed E-state index contributed by atoms with van der Waals surface area (Å²) in [5.41, 5.74) is 5.52. The predicted octanol–water partition coefficient (Wildman–Crippen LogP) is 2.47. The molecule has 0 saturated carbocycles. The number of nitrogens with zero attached hydrogens (tertiary/aromatic N) is 2. The Kier molecular flexibility index (Phi) is 5.85. The number of carbonyl (C=O) groups is 1. The van der Waals surface area contributed by atoms with Crippen molar-refractivity contribution in [1.82, 2.24) is 10.2 Å². The molecule has 0 bridgehead atoms. The van der Waals surface area contributed by atoms with Crippen molar-refractivity contribution in [2.24, 2.45) is 11.7 Å². The minimum absolute atomic E-state index is 0.161. The van der Waals surface area contributed by atoms with Gasteiger partial charge in [0.25, 0.3) is 5.91 Å². The second kappa shape index (κ2) is 7.16. The number of anilines is 1. The van der Waals surface area contributed by atoms with Crippen LogP contribution < -0.4 is 11.1 Å². The minimum Gasteiger partial charge on any atom is -0.368 e. The van der Waals surface area contributed by atoms with Gasteiger partial charge >= 0.3 is 0 Å². The summed E-state index contributed by atoms with van der Waals surface area (Å²) in [6, 6.07) is 1.42. The number of nitrogens with one attached hydrogen (secondary N) is 1. The van der Waals surface area contributed by atoms with E-state index in [1.165, 1.54) is 12.5 Å². The summed E-state index contributed by atoms with van der Waals surface area (Å²) in [5, 5.41) is 10.8. The van der Waals surface area contributed by atoms with Crippen molar-refractivity contribution in [1.29, 1.82) is 0 Å². The Labute approximate surface area is 112 Å². The summed E-state index contributed by atoms with van der Waals surface area (Å²) in [6.45, 7) is 5.13. The van der Waals surface area contributed by atoms with Crippen molar-refractivity contribution >= 4 is 23.3 Å². The summed E-state index contributed by atoms with van der Waals surface area (Å²) < 4.78 is 0. The molecule has 0 unspecified atom stereocenters. The van der Waals surface area contributed by atoms with Crippen LogP contribution in [0.25, 0.3) is 0 Å². The van der Waals surface area contributed by atoms with Crippen molar-refractivity contribution in [2.75, 3.05) is 11.9 Å². The third kappa shape index (κ3) is 4.87. The van der Waals surface area contributed by atoms with Gasteiger partial charge in [-0.1, -0.05) is 38.3 Å². The fourth-order valence-electron chi connectivity index (χ4n) is 1.57. The number of nitrogens with two attached hydrogens (primary N) is 1. The van der Waals surface area contributed by atoms with Gasteiger partial charge in [0.1, 0.15) is 0 Å². The van der Waals surface area contributed by atoms with Gasteiger partial charge in [-0.3, -0.25) is 4.79 Å². The summed E-state index contributed by atoms with van der Waals surface area (Å²) in [4.78, 5) is 11.2. The molecule has 0 spiro atoms. The lowest BCUT2D eigenvalue weighted by Crippen LogP contribution is -2.16. The minimum atomic E-state index is -0.559. The van der Waals surface area contributed by atoms with Gasteiger partial charge in [-0.2, -0.15) is 0 Å². The number of hydrogen-bond acceptors (Lipinski definition) is 4. The lowest BCUT2D eigenvalue weighted by molar-refractivity contribution is 0.100. The number of hydrogen-bond donors (Lipinski definition) is 2. The monoisotopic (exact) mass is 270 g/mol. The Morgan fingerprint density at radius 2 is 2.17 bits per heavy atom.